The van der Waals surface area contributed by atoms with Crippen molar-refractivity contribution in [3.63, 3.8) is 0 Å². The SMILES string of the molecule is CCC(N)(CC)c1noc(-c2cncnc2)n1. The second-order valence-electron chi connectivity index (χ2n) is 3.91. The molecule has 2 aromatic heterocycles. The first-order valence-corrected chi connectivity index (χ1v) is 5.58. The van der Waals surface area contributed by atoms with Crippen LogP contribution < -0.4 is 5.73 Å². The summed E-state index contributed by atoms with van der Waals surface area (Å²) >= 11 is 0. The molecule has 0 spiro atoms. The third-order valence-corrected chi connectivity index (χ3v) is 2.94. The van der Waals surface area contributed by atoms with E-state index in [9.17, 15) is 0 Å². The topological polar surface area (TPSA) is 90.7 Å². The van der Waals surface area contributed by atoms with Crippen molar-refractivity contribution in [1.29, 1.82) is 0 Å². The minimum absolute atomic E-state index is 0.400. The van der Waals surface area contributed by atoms with Crippen LogP contribution in [-0.4, -0.2) is 20.1 Å². The third-order valence-electron chi connectivity index (χ3n) is 2.94. The molecular formula is C11H15N5O. The molecular weight excluding hydrogens is 218 g/mol. The van der Waals surface area contributed by atoms with Crippen molar-refractivity contribution in [2.75, 3.05) is 0 Å². The molecule has 0 amide bonds. The zero-order chi connectivity index (χ0) is 12.3. The molecule has 2 heterocycles. The van der Waals surface area contributed by atoms with Crippen LogP contribution in [0.2, 0.25) is 0 Å². The van der Waals surface area contributed by atoms with Gasteiger partial charge < -0.3 is 10.3 Å². The van der Waals surface area contributed by atoms with E-state index < -0.39 is 5.54 Å². The lowest BCUT2D eigenvalue weighted by Gasteiger charge is -2.21. The summed E-state index contributed by atoms with van der Waals surface area (Å²) in [5.74, 6) is 0.929. The molecule has 0 aliphatic carbocycles. The quantitative estimate of drug-likeness (QED) is 0.860. The molecule has 0 radical (unpaired) electrons. The lowest BCUT2D eigenvalue weighted by molar-refractivity contribution is 0.350. The number of rotatable bonds is 4. The number of aromatic nitrogens is 4. The summed E-state index contributed by atoms with van der Waals surface area (Å²) in [6, 6.07) is 0. The molecule has 0 fully saturated rings. The Morgan fingerprint density at radius 3 is 2.47 bits per heavy atom. The molecule has 90 valence electrons. The van der Waals surface area contributed by atoms with Gasteiger partial charge in [-0.2, -0.15) is 4.98 Å². The summed E-state index contributed by atoms with van der Waals surface area (Å²) in [5.41, 5.74) is 6.36. The van der Waals surface area contributed by atoms with Crippen molar-refractivity contribution >= 4 is 0 Å². The van der Waals surface area contributed by atoms with E-state index in [-0.39, 0.29) is 0 Å². The van der Waals surface area contributed by atoms with Crippen LogP contribution >= 0.6 is 0 Å². The summed E-state index contributed by atoms with van der Waals surface area (Å²) in [4.78, 5) is 12.1. The van der Waals surface area contributed by atoms with Crippen LogP contribution in [0.25, 0.3) is 11.5 Å². The molecule has 6 nitrogen and oxygen atoms in total. The van der Waals surface area contributed by atoms with Gasteiger partial charge in [-0.05, 0) is 12.8 Å². The zero-order valence-corrected chi connectivity index (χ0v) is 9.92. The summed E-state index contributed by atoms with van der Waals surface area (Å²) in [5, 5.41) is 3.94. The molecule has 0 aliphatic heterocycles. The maximum absolute atomic E-state index is 6.19. The lowest BCUT2D eigenvalue weighted by atomic mass is 9.93. The normalized spacial score (nSPS) is 11.7. The Kier molecular flexibility index (Phi) is 3.14. The summed E-state index contributed by atoms with van der Waals surface area (Å²) in [7, 11) is 0. The fraction of sp³-hybridized carbons (Fsp3) is 0.455. The minimum Gasteiger partial charge on any atom is -0.334 e. The molecule has 6 heteroatoms. The number of hydrogen-bond acceptors (Lipinski definition) is 6. The predicted molar refractivity (Wildman–Crippen MR) is 61.8 cm³/mol. The Balaban J connectivity index is 2.34. The van der Waals surface area contributed by atoms with E-state index in [1.807, 2.05) is 13.8 Å². The van der Waals surface area contributed by atoms with E-state index in [1.54, 1.807) is 12.4 Å². The van der Waals surface area contributed by atoms with E-state index >= 15 is 0 Å². The highest BCUT2D eigenvalue weighted by Crippen LogP contribution is 2.25. The van der Waals surface area contributed by atoms with Gasteiger partial charge in [0.2, 0.25) is 0 Å². The first-order valence-electron chi connectivity index (χ1n) is 5.58. The van der Waals surface area contributed by atoms with Crippen molar-refractivity contribution < 1.29 is 4.52 Å². The molecule has 2 N–H and O–H groups in total. The van der Waals surface area contributed by atoms with Crippen molar-refractivity contribution in [3.8, 4) is 11.5 Å². The first-order chi connectivity index (χ1) is 8.19. The third kappa shape index (κ3) is 2.16. The maximum atomic E-state index is 6.19. The van der Waals surface area contributed by atoms with Crippen molar-refractivity contribution in [3.05, 3.63) is 24.5 Å². The van der Waals surface area contributed by atoms with E-state index in [2.05, 4.69) is 20.1 Å². The summed E-state index contributed by atoms with van der Waals surface area (Å²) in [6.45, 7) is 4.01. The molecule has 0 saturated heterocycles. The molecule has 0 aromatic carbocycles. The average molecular weight is 233 g/mol. The van der Waals surface area contributed by atoms with E-state index in [4.69, 9.17) is 10.3 Å². The maximum Gasteiger partial charge on any atom is 0.261 e. The van der Waals surface area contributed by atoms with Crippen LogP contribution in [0.5, 0.6) is 0 Å². The van der Waals surface area contributed by atoms with Crippen LogP contribution in [0.15, 0.2) is 23.2 Å². The van der Waals surface area contributed by atoms with Gasteiger partial charge in [-0.25, -0.2) is 9.97 Å². The van der Waals surface area contributed by atoms with Gasteiger partial charge >= 0.3 is 0 Å². The molecule has 0 saturated carbocycles. The molecule has 0 aliphatic rings. The van der Waals surface area contributed by atoms with Crippen molar-refractivity contribution in [2.24, 2.45) is 5.73 Å². The molecule has 2 rings (SSSR count). The highest BCUT2D eigenvalue weighted by molar-refractivity contribution is 5.48. The monoisotopic (exact) mass is 233 g/mol. The zero-order valence-electron chi connectivity index (χ0n) is 9.92. The second kappa shape index (κ2) is 4.58. The highest BCUT2D eigenvalue weighted by Gasteiger charge is 2.29. The van der Waals surface area contributed by atoms with Crippen molar-refractivity contribution in [1.82, 2.24) is 20.1 Å². The Hall–Kier alpha value is -1.82. The fourth-order valence-corrected chi connectivity index (χ4v) is 1.52. The standard InChI is InChI=1S/C11H15N5O/c1-3-11(12,4-2)10-15-9(17-16-10)8-5-13-7-14-6-8/h5-7H,3-4,12H2,1-2H3. The molecule has 17 heavy (non-hydrogen) atoms. The van der Waals surface area contributed by atoms with Gasteiger partial charge in [0.15, 0.2) is 5.82 Å². The first kappa shape index (κ1) is 11.7. The second-order valence-corrected chi connectivity index (χ2v) is 3.91. The molecule has 0 atom stereocenters. The van der Waals surface area contributed by atoms with Crippen LogP contribution in [0.4, 0.5) is 0 Å². The Bertz CT molecular complexity index is 478. The van der Waals surface area contributed by atoms with Gasteiger partial charge in [-0.3, -0.25) is 0 Å². The van der Waals surface area contributed by atoms with Gasteiger partial charge in [0.1, 0.15) is 6.33 Å². The van der Waals surface area contributed by atoms with E-state index in [0.717, 1.165) is 12.8 Å². The summed E-state index contributed by atoms with van der Waals surface area (Å²) in [6.07, 6.45) is 6.22. The van der Waals surface area contributed by atoms with Gasteiger partial charge in [-0.1, -0.05) is 19.0 Å². The van der Waals surface area contributed by atoms with Crippen LogP contribution in [0, 0.1) is 0 Å². The lowest BCUT2D eigenvalue weighted by Crippen LogP contribution is -2.36. The van der Waals surface area contributed by atoms with Gasteiger partial charge in [0, 0.05) is 12.4 Å². The summed E-state index contributed by atoms with van der Waals surface area (Å²) < 4.78 is 5.18. The molecule has 0 bridgehead atoms. The Labute approximate surface area is 99.3 Å². The number of hydrogen-bond donors (Lipinski definition) is 1. The largest absolute Gasteiger partial charge is 0.334 e. The van der Waals surface area contributed by atoms with Crippen LogP contribution in [-0.2, 0) is 5.54 Å². The van der Waals surface area contributed by atoms with E-state index in [1.165, 1.54) is 6.33 Å². The van der Waals surface area contributed by atoms with Crippen LogP contribution in [0.1, 0.15) is 32.5 Å². The molecule has 0 unspecified atom stereocenters. The van der Waals surface area contributed by atoms with E-state index in [0.29, 0.717) is 17.3 Å². The average Bonchev–Trinajstić information content (AvgIpc) is 2.89. The van der Waals surface area contributed by atoms with Crippen LogP contribution in [0.3, 0.4) is 0 Å². The number of nitrogens with two attached hydrogens (primary N) is 1. The Morgan fingerprint density at radius 2 is 1.88 bits per heavy atom. The molecule has 2 aromatic rings. The smallest absolute Gasteiger partial charge is 0.261 e. The highest BCUT2D eigenvalue weighted by atomic mass is 16.5. The van der Waals surface area contributed by atoms with Gasteiger partial charge in [0.05, 0.1) is 11.1 Å². The Morgan fingerprint density at radius 1 is 1.24 bits per heavy atom. The van der Waals surface area contributed by atoms with Crippen molar-refractivity contribution in [2.45, 2.75) is 32.2 Å². The fourth-order valence-electron chi connectivity index (χ4n) is 1.52. The predicted octanol–water partition coefficient (Wildman–Crippen LogP) is 1.50. The minimum atomic E-state index is -0.530. The van der Waals surface area contributed by atoms with Gasteiger partial charge in [-0.15, -0.1) is 0 Å². The number of nitrogens with zero attached hydrogens (tertiary/aromatic N) is 4. The van der Waals surface area contributed by atoms with Gasteiger partial charge in [0.25, 0.3) is 5.89 Å².